The summed E-state index contributed by atoms with van der Waals surface area (Å²) in [6.07, 6.45) is 2.70. The van der Waals surface area contributed by atoms with Gasteiger partial charge in [0, 0.05) is 11.4 Å². The van der Waals surface area contributed by atoms with Crippen LogP contribution in [0.5, 0.6) is 5.75 Å². The molecule has 150 valence electrons. The van der Waals surface area contributed by atoms with Crippen LogP contribution in [-0.2, 0) is 6.42 Å². The second-order valence-corrected chi connectivity index (χ2v) is 7.08. The average Bonchev–Trinajstić information content (AvgIpc) is 2.69. The van der Waals surface area contributed by atoms with Gasteiger partial charge in [-0.05, 0) is 60.0 Å². The molecule has 6 nitrogen and oxygen atoms in total. The van der Waals surface area contributed by atoms with Gasteiger partial charge in [-0.25, -0.2) is 4.98 Å². The first-order chi connectivity index (χ1) is 14.0. The molecule has 0 unspecified atom stereocenters. The highest BCUT2D eigenvalue weighted by Gasteiger charge is 2.11. The zero-order valence-electron chi connectivity index (χ0n) is 16.3. The molecule has 4 N–H and O–H groups in total. The van der Waals surface area contributed by atoms with Crippen molar-refractivity contribution in [1.29, 1.82) is 0 Å². The highest BCUT2D eigenvalue weighted by molar-refractivity contribution is 6.30. The summed E-state index contributed by atoms with van der Waals surface area (Å²) in [5.41, 5.74) is 15.1. The standard InChI is InChI=1S/C22H24ClN5O/c1-2-3-11-29-19-6-4-5-15(13-19)12-16-14-20(24)26-22(25)21(16)28-27-18-9-7-17(23)8-10-18/h4-10,13-14H,2-3,11-12H2,1H3,(H4,24,25,26)/b28-27+. The summed E-state index contributed by atoms with van der Waals surface area (Å²) < 4.78 is 5.80. The van der Waals surface area contributed by atoms with Gasteiger partial charge in [0.2, 0.25) is 0 Å². The Morgan fingerprint density at radius 3 is 2.59 bits per heavy atom. The van der Waals surface area contributed by atoms with Gasteiger partial charge in [-0.15, -0.1) is 5.11 Å². The monoisotopic (exact) mass is 409 g/mol. The van der Waals surface area contributed by atoms with E-state index in [-0.39, 0.29) is 5.82 Å². The van der Waals surface area contributed by atoms with Crippen LogP contribution in [0.4, 0.5) is 23.0 Å². The Bertz CT molecular complexity index is 989. The van der Waals surface area contributed by atoms with Crippen LogP contribution < -0.4 is 16.2 Å². The minimum atomic E-state index is 0.244. The third kappa shape index (κ3) is 5.93. The summed E-state index contributed by atoms with van der Waals surface area (Å²) in [6.45, 7) is 2.84. The summed E-state index contributed by atoms with van der Waals surface area (Å²) in [5.74, 6) is 1.43. The van der Waals surface area contributed by atoms with Crippen molar-refractivity contribution in [3.63, 3.8) is 0 Å². The third-order valence-corrected chi connectivity index (χ3v) is 4.52. The number of benzene rings is 2. The molecule has 0 saturated heterocycles. The van der Waals surface area contributed by atoms with Crippen LogP contribution in [0.3, 0.4) is 0 Å². The van der Waals surface area contributed by atoms with E-state index in [4.69, 9.17) is 27.8 Å². The molecule has 0 aliphatic heterocycles. The topological polar surface area (TPSA) is 98.9 Å². The van der Waals surface area contributed by atoms with Gasteiger partial charge in [-0.3, -0.25) is 0 Å². The number of ether oxygens (including phenoxy) is 1. The Hall–Kier alpha value is -3.12. The molecule has 2 aromatic carbocycles. The van der Waals surface area contributed by atoms with Crippen LogP contribution >= 0.6 is 11.6 Å². The smallest absolute Gasteiger partial charge is 0.154 e. The number of nitrogen functional groups attached to an aromatic ring is 2. The molecule has 0 aliphatic rings. The molecule has 0 aliphatic carbocycles. The van der Waals surface area contributed by atoms with Gasteiger partial charge < -0.3 is 16.2 Å². The van der Waals surface area contributed by atoms with E-state index in [9.17, 15) is 0 Å². The van der Waals surface area contributed by atoms with Crippen molar-refractivity contribution in [2.75, 3.05) is 18.1 Å². The maximum absolute atomic E-state index is 6.08. The summed E-state index contributed by atoms with van der Waals surface area (Å²) >= 11 is 5.91. The molecule has 0 bridgehead atoms. The largest absolute Gasteiger partial charge is 0.494 e. The Morgan fingerprint density at radius 1 is 1.03 bits per heavy atom. The van der Waals surface area contributed by atoms with Crippen molar-refractivity contribution in [2.45, 2.75) is 26.2 Å². The number of aromatic nitrogens is 1. The fraction of sp³-hybridized carbons (Fsp3) is 0.227. The molecule has 3 aromatic rings. The molecule has 0 fully saturated rings. The quantitative estimate of drug-likeness (QED) is 0.347. The fourth-order valence-corrected chi connectivity index (χ4v) is 2.93. The number of azo groups is 1. The number of pyridine rings is 1. The number of anilines is 2. The molecule has 7 heteroatoms. The Kier molecular flexibility index (Phi) is 7.03. The van der Waals surface area contributed by atoms with Gasteiger partial charge in [0.15, 0.2) is 5.82 Å². The summed E-state index contributed by atoms with van der Waals surface area (Å²) in [6, 6.07) is 16.8. The number of nitrogens with zero attached hydrogens (tertiary/aromatic N) is 3. The van der Waals surface area contributed by atoms with E-state index in [1.165, 1.54) is 0 Å². The first-order valence-corrected chi connectivity index (χ1v) is 9.87. The van der Waals surface area contributed by atoms with E-state index in [2.05, 4.69) is 22.1 Å². The van der Waals surface area contributed by atoms with Crippen LogP contribution in [0.2, 0.25) is 5.02 Å². The Labute approximate surface area is 175 Å². The van der Waals surface area contributed by atoms with Crippen LogP contribution in [0.25, 0.3) is 0 Å². The molecule has 0 radical (unpaired) electrons. The highest BCUT2D eigenvalue weighted by Crippen LogP contribution is 2.31. The van der Waals surface area contributed by atoms with Crippen molar-refractivity contribution in [2.24, 2.45) is 10.2 Å². The SMILES string of the molecule is CCCCOc1cccc(Cc2cc(N)nc(N)c2/N=N/c2ccc(Cl)cc2)c1. The number of rotatable bonds is 8. The van der Waals surface area contributed by atoms with E-state index in [0.29, 0.717) is 35.2 Å². The fourth-order valence-electron chi connectivity index (χ4n) is 2.80. The van der Waals surface area contributed by atoms with Crippen molar-refractivity contribution >= 4 is 34.6 Å². The average molecular weight is 410 g/mol. The van der Waals surface area contributed by atoms with Crippen LogP contribution in [-0.4, -0.2) is 11.6 Å². The maximum atomic E-state index is 6.08. The van der Waals surface area contributed by atoms with Crippen molar-refractivity contribution in [1.82, 2.24) is 4.98 Å². The lowest BCUT2D eigenvalue weighted by Gasteiger charge is -2.11. The number of hydrogen-bond donors (Lipinski definition) is 2. The van der Waals surface area contributed by atoms with Crippen molar-refractivity contribution in [3.05, 3.63) is 70.7 Å². The number of halogens is 1. The first-order valence-electron chi connectivity index (χ1n) is 9.49. The minimum Gasteiger partial charge on any atom is -0.494 e. The molecular weight excluding hydrogens is 386 g/mol. The van der Waals surface area contributed by atoms with Gasteiger partial charge in [0.05, 0.1) is 12.3 Å². The van der Waals surface area contributed by atoms with Gasteiger partial charge in [0.1, 0.15) is 17.3 Å². The lowest BCUT2D eigenvalue weighted by atomic mass is 10.0. The summed E-state index contributed by atoms with van der Waals surface area (Å²) in [4.78, 5) is 4.13. The molecule has 0 spiro atoms. The van der Waals surface area contributed by atoms with Crippen molar-refractivity contribution < 1.29 is 4.74 Å². The molecule has 0 atom stereocenters. The summed E-state index contributed by atoms with van der Waals surface area (Å²) in [7, 11) is 0. The van der Waals surface area contributed by atoms with E-state index < -0.39 is 0 Å². The maximum Gasteiger partial charge on any atom is 0.154 e. The van der Waals surface area contributed by atoms with Crippen molar-refractivity contribution in [3.8, 4) is 5.75 Å². The van der Waals surface area contributed by atoms with E-state index in [0.717, 1.165) is 29.7 Å². The number of hydrogen-bond acceptors (Lipinski definition) is 6. The van der Waals surface area contributed by atoms with E-state index >= 15 is 0 Å². The van der Waals surface area contributed by atoms with Crippen LogP contribution in [0.15, 0.2) is 64.8 Å². The predicted octanol–water partition coefficient (Wildman–Crippen LogP) is 6.08. The predicted molar refractivity (Wildman–Crippen MR) is 118 cm³/mol. The zero-order valence-corrected chi connectivity index (χ0v) is 17.1. The number of nitrogens with two attached hydrogens (primary N) is 2. The second-order valence-electron chi connectivity index (χ2n) is 6.64. The van der Waals surface area contributed by atoms with E-state index in [1.807, 2.05) is 24.3 Å². The molecule has 1 heterocycles. The summed E-state index contributed by atoms with van der Waals surface area (Å²) in [5, 5.41) is 9.23. The Morgan fingerprint density at radius 2 is 1.83 bits per heavy atom. The van der Waals surface area contributed by atoms with E-state index in [1.54, 1.807) is 30.3 Å². The lowest BCUT2D eigenvalue weighted by molar-refractivity contribution is 0.309. The third-order valence-electron chi connectivity index (χ3n) is 4.27. The molecule has 1 aromatic heterocycles. The highest BCUT2D eigenvalue weighted by atomic mass is 35.5. The minimum absolute atomic E-state index is 0.244. The normalized spacial score (nSPS) is 11.1. The molecule has 0 amide bonds. The number of unbranched alkanes of at least 4 members (excludes halogenated alkanes) is 1. The molecule has 3 rings (SSSR count). The van der Waals surface area contributed by atoms with Gasteiger partial charge in [0.25, 0.3) is 0 Å². The van der Waals surface area contributed by atoms with Crippen LogP contribution in [0.1, 0.15) is 30.9 Å². The lowest BCUT2D eigenvalue weighted by Crippen LogP contribution is -2.01. The Balaban J connectivity index is 1.85. The second kappa shape index (κ2) is 9.89. The van der Waals surface area contributed by atoms with Crippen LogP contribution in [0, 0.1) is 0 Å². The van der Waals surface area contributed by atoms with Gasteiger partial charge in [-0.2, -0.15) is 5.11 Å². The van der Waals surface area contributed by atoms with Gasteiger partial charge in [-0.1, -0.05) is 37.1 Å². The molecular formula is C22H24ClN5O. The molecule has 0 saturated carbocycles. The first kappa shape index (κ1) is 20.6. The molecule has 29 heavy (non-hydrogen) atoms. The van der Waals surface area contributed by atoms with Gasteiger partial charge >= 0.3 is 0 Å². The zero-order chi connectivity index (χ0) is 20.6.